The second-order valence-electron chi connectivity index (χ2n) is 2.58. The number of aromatic amines is 1. The number of aryl methyl sites for hydroxylation is 1. The molecule has 0 aromatic carbocycles. The van der Waals surface area contributed by atoms with E-state index in [2.05, 4.69) is 15.2 Å². The number of hydrogen-bond donors (Lipinski definition) is 1. The summed E-state index contributed by atoms with van der Waals surface area (Å²) in [4.78, 5) is 4.06. The Morgan fingerprint density at radius 1 is 1.46 bits per heavy atom. The van der Waals surface area contributed by atoms with Crippen LogP contribution in [0.3, 0.4) is 0 Å². The lowest BCUT2D eigenvalue weighted by molar-refractivity contribution is 0.545. The van der Waals surface area contributed by atoms with Gasteiger partial charge in [0, 0.05) is 0 Å². The van der Waals surface area contributed by atoms with Gasteiger partial charge in [0.05, 0.1) is 6.20 Å². The fourth-order valence-corrected chi connectivity index (χ4v) is 1.15. The third kappa shape index (κ3) is 1.65. The van der Waals surface area contributed by atoms with Gasteiger partial charge in [-0.05, 0) is 31.3 Å². The minimum absolute atomic E-state index is 0.353. The number of aromatic nitrogens is 3. The Kier molecular flexibility index (Phi) is 1.94. The maximum absolute atomic E-state index is 5.36. The average Bonchev–Trinajstić information content (AvgIpc) is 2.52. The van der Waals surface area contributed by atoms with Crippen LogP contribution in [0.15, 0.2) is 22.7 Å². The van der Waals surface area contributed by atoms with Crippen LogP contribution in [-0.2, 0) is 0 Å². The molecule has 13 heavy (non-hydrogen) atoms. The number of nitrogens with one attached hydrogen (secondary N) is 1. The van der Waals surface area contributed by atoms with E-state index in [4.69, 9.17) is 16.6 Å². The van der Waals surface area contributed by atoms with Crippen LogP contribution in [0.25, 0.3) is 11.5 Å². The molecule has 2 rings (SSSR count). The van der Waals surface area contributed by atoms with Crippen molar-refractivity contribution < 1.29 is 4.42 Å². The monoisotopic (exact) mass is 193 g/mol. The Morgan fingerprint density at radius 2 is 2.31 bits per heavy atom. The van der Waals surface area contributed by atoms with E-state index in [0.29, 0.717) is 16.2 Å². The van der Waals surface area contributed by atoms with Crippen molar-refractivity contribution in [3.8, 4) is 11.5 Å². The third-order valence-electron chi connectivity index (χ3n) is 1.56. The molecule has 0 aliphatic heterocycles. The highest BCUT2D eigenvalue weighted by Crippen LogP contribution is 2.17. The molecular formula is C8H7N3OS. The molecule has 5 heteroatoms. The van der Waals surface area contributed by atoms with E-state index in [1.54, 1.807) is 6.20 Å². The lowest BCUT2D eigenvalue weighted by atomic mass is 10.3. The number of furan rings is 1. The molecule has 2 aromatic heterocycles. The van der Waals surface area contributed by atoms with Gasteiger partial charge in [0.2, 0.25) is 4.77 Å². The highest BCUT2D eigenvalue weighted by atomic mass is 32.1. The highest BCUT2D eigenvalue weighted by molar-refractivity contribution is 7.71. The van der Waals surface area contributed by atoms with E-state index < -0.39 is 0 Å². The van der Waals surface area contributed by atoms with Gasteiger partial charge in [-0.2, -0.15) is 5.10 Å². The molecule has 0 radical (unpaired) electrons. The molecule has 0 amide bonds. The molecule has 0 fully saturated rings. The minimum Gasteiger partial charge on any atom is -0.460 e. The van der Waals surface area contributed by atoms with E-state index >= 15 is 0 Å². The van der Waals surface area contributed by atoms with Gasteiger partial charge in [-0.25, -0.2) is 4.98 Å². The summed E-state index contributed by atoms with van der Waals surface area (Å²) in [7, 11) is 0. The Hall–Kier alpha value is -1.49. The molecule has 66 valence electrons. The van der Waals surface area contributed by atoms with Crippen LogP contribution in [0.2, 0.25) is 0 Å². The van der Waals surface area contributed by atoms with Crippen LogP contribution in [0.4, 0.5) is 0 Å². The SMILES string of the molecule is Cc1ccc(-c2cn[nH]c(=S)n2)o1. The highest BCUT2D eigenvalue weighted by Gasteiger charge is 2.03. The van der Waals surface area contributed by atoms with E-state index in [0.717, 1.165) is 5.76 Å². The molecule has 1 N–H and O–H groups in total. The summed E-state index contributed by atoms with van der Waals surface area (Å²) < 4.78 is 5.72. The summed E-state index contributed by atoms with van der Waals surface area (Å²) >= 11 is 4.84. The molecule has 2 aromatic rings. The lowest BCUT2D eigenvalue weighted by Gasteiger charge is -1.92. The number of nitrogens with zero attached hydrogens (tertiary/aromatic N) is 2. The molecule has 0 unspecified atom stereocenters. The Morgan fingerprint density at radius 3 is 2.92 bits per heavy atom. The molecule has 0 aliphatic rings. The Balaban J connectivity index is 2.52. The van der Waals surface area contributed by atoms with Crippen molar-refractivity contribution in [2.75, 3.05) is 0 Å². The van der Waals surface area contributed by atoms with Gasteiger partial charge in [-0.3, -0.25) is 5.10 Å². The Labute approximate surface area is 79.6 Å². The molecule has 0 atom stereocenters. The first-order valence-electron chi connectivity index (χ1n) is 3.74. The summed E-state index contributed by atoms with van der Waals surface area (Å²) in [6.07, 6.45) is 1.58. The second-order valence-corrected chi connectivity index (χ2v) is 2.97. The van der Waals surface area contributed by atoms with Crippen molar-refractivity contribution in [1.82, 2.24) is 15.2 Å². The van der Waals surface area contributed by atoms with E-state index in [9.17, 15) is 0 Å². The van der Waals surface area contributed by atoms with Crippen LogP contribution < -0.4 is 0 Å². The number of H-pyrrole nitrogens is 1. The number of hydrogen-bond acceptors (Lipinski definition) is 4. The first-order valence-corrected chi connectivity index (χ1v) is 4.15. The zero-order valence-electron chi connectivity index (χ0n) is 6.94. The van der Waals surface area contributed by atoms with Crippen molar-refractivity contribution in [2.45, 2.75) is 6.92 Å². The summed E-state index contributed by atoms with van der Waals surface area (Å²) in [5.41, 5.74) is 0.650. The summed E-state index contributed by atoms with van der Waals surface area (Å²) in [6, 6.07) is 3.71. The molecular weight excluding hydrogens is 186 g/mol. The molecule has 0 aliphatic carbocycles. The largest absolute Gasteiger partial charge is 0.460 e. The maximum Gasteiger partial charge on any atom is 0.214 e. The van der Waals surface area contributed by atoms with Crippen LogP contribution in [-0.4, -0.2) is 15.2 Å². The van der Waals surface area contributed by atoms with Crippen molar-refractivity contribution in [2.24, 2.45) is 0 Å². The zero-order valence-corrected chi connectivity index (χ0v) is 7.76. The minimum atomic E-state index is 0.353. The Bertz CT molecular complexity index is 474. The normalized spacial score (nSPS) is 10.2. The maximum atomic E-state index is 5.36. The van der Waals surface area contributed by atoms with Gasteiger partial charge in [-0.1, -0.05) is 0 Å². The molecule has 0 saturated heterocycles. The topological polar surface area (TPSA) is 54.7 Å². The second kappa shape index (κ2) is 3.10. The molecule has 2 heterocycles. The van der Waals surface area contributed by atoms with Crippen LogP contribution in [0, 0.1) is 11.7 Å². The van der Waals surface area contributed by atoms with Crippen molar-refractivity contribution in [1.29, 1.82) is 0 Å². The van der Waals surface area contributed by atoms with E-state index in [1.165, 1.54) is 0 Å². The van der Waals surface area contributed by atoms with Crippen LogP contribution in [0.1, 0.15) is 5.76 Å². The summed E-state index contributed by atoms with van der Waals surface area (Å²) in [6.45, 7) is 1.88. The van der Waals surface area contributed by atoms with Gasteiger partial charge < -0.3 is 4.42 Å². The first kappa shape index (κ1) is 8.12. The van der Waals surface area contributed by atoms with Crippen molar-refractivity contribution in [3.63, 3.8) is 0 Å². The van der Waals surface area contributed by atoms with Gasteiger partial charge in [-0.15, -0.1) is 0 Å². The van der Waals surface area contributed by atoms with E-state index in [-0.39, 0.29) is 0 Å². The van der Waals surface area contributed by atoms with Crippen molar-refractivity contribution >= 4 is 12.2 Å². The third-order valence-corrected chi connectivity index (χ3v) is 1.74. The zero-order chi connectivity index (χ0) is 9.26. The predicted octanol–water partition coefficient (Wildman–Crippen LogP) is 2.10. The average molecular weight is 193 g/mol. The quantitative estimate of drug-likeness (QED) is 0.705. The predicted molar refractivity (Wildman–Crippen MR) is 49.7 cm³/mol. The van der Waals surface area contributed by atoms with E-state index in [1.807, 2.05) is 19.1 Å². The lowest BCUT2D eigenvalue weighted by Crippen LogP contribution is -1.88. The fraction of sp³-hybridized carbons (Fsp3) is 0.125. The first-order chi connectivity index (χ1) is 6.25. The molecule has 0 spiro atoms. The summed E-state index contributed by atoms with van der Waals surface area (Å²) in [5, 5.41) is 6.38. The number of rotatable bonds is 1. The molecule has 0 saturated carbocycles. The van der Waals surface area contributed by atoms with Gasteiger partial charge in [0.1, 0.15) is 11.5 Å². The van der Waals surface area contributed by atoms with Gasteiger partial charge in [0.15, 0.2) is 5.76 Å². The molecule has 0 bridgehead atoms. The smallest absolute Gasteiger partial charge is 0.214 e. The van der Waals surface area contributed by atoms with Crippen LogP contribution in [0.5, 0.6) is 0 Å². The standard InChI is InChI=1S/C8H7N3OS/c1-5-2-3-7(12-5)6-4-9-11-8(13)10-6/h2-4H,1H3,(H,10,11,13). The summed E-state index contributed by atoms with van der Waals surface area (Å²) in [5.74, 6) is 1.53. The van der Waals surface area contributed by atoms with Gasteiger partial charge >= 0.3 is 0 Å². The van der Waals surface area contributed by atoms with Crippen LogP contribution >= 0.6 is 12.2 Å². The van der Waals surface area contributed by atoms with Gasteiger partial charge in [0.25, 0.3) is 0 Å². The fourth-order valence-electron chi connectivity index (χ4n) is 1.00. The molecule has 4 nitrogen and oxygen atoms in total. The van der Waals surface area contributed by atoms with Crippen molar-refractivity contribution in [3.05, 3.63) is 28.9 Å².